The summed E-state index contributed by atoms with van der Waals surface area (Å²) in [5, 5.41) is 3.18. The smallest absolute Gasteiger partial charge is 0.252 e. The van der Waals surface area contributed by atoms with E-state index in [2.05, 4.69) is 37.3 Å². The number of aryl methyl sites for hydroxylation is 1. The lowest BCUT2D eigenvalue weighted by Crippen LogP contribution is -2.14. The largest absolute Gasteiger partial charge is 0.369 e. The van der Waals surface area contributed by atoms with Crippen LogP contribution in [0.4, 0.5) is 5.82 Å². The number of aromatic nitrogens is 2. The molecule has 2 aromatic rings. The van der Waals surface area contributed by atoms with Gasteiger partial charge in [0.1, 0.15) is 11.6 Å². The minimum absolute atomic E-state index is 0.108. The highest BCUT2D eigenvalue weighted by atomic mass is 79.9. The average molecular weight is 328 g/mol. The highest BCUT2D eigenvalue weighted by Gasteiger charge is 2.01. The zero-order chi connectivity index (χ0) is 13.0. The van der Waals surface area contributed by atoms with Crippen molar-refractivity contribution in [3.63, 3.8) is 0 Å². The van der Waals surface area contributed by atoms with Gasteiger partial charge in [0.05, 0.1) is 3.79 Å². The SMILES string of the molecule is CCc1nc(NCCc2ccc(Br)s2)cc(=O)[nH]1. The summed E-state index contributed by atoms with van der Waals surface area (Å²) >= 11 is 5.16. The topological polar surface area (TPSA) is 57.8 Å². The summed E-state index contributed by atoms with van der Waals surface area (Å²) in [6, 6.07) is 5.63. The van der Waals surface area contributed by atoms with Gasteiger partial charge in [-0.25, -0.2) is 4.98 Å². The Morgan fingerprint density at radius 3 is 3.00 bits per heavy atom. The Morgan fingerprint density at radius 1 is 1.50 bits per heavy atom. The van der Waals surface area contributed by atoms with Crippen LogP contribution in [0.3, 0.4) is 0 Å². The molecule has 0 unspecified atom stereocenters. The van der Waals surface area contributed by atoms with Crippen LogP contribution in [0.5, 0.6) is 0 Å². The Kier molecular flexibility index (Phi) is 4.54. The second-order valence-corrected chi connectivity index (χ2v) is 6.36. The lowest BCUT2D eigenvalue weighted by molar-refractivity contribution is 0.911. The van der Waals surface area contributed by atoms with Crippen molar-refractivity contribution < 1.29 is 0 Å². The molecule has 2 rings (SSSR count). The van der Waals surface area contributed by atoms with Crippen molar-refractivity contribution in [1.82, 2.24) is 9.97 Å². The molecule has 96 valence electrons. The number of nitrogens with zero attached hydrogens (tertiary/aromatic N) is 1. The minimum atomic E-state index is -0.108. The number of rotatable bonds is 5. The quantitative estimate of drug-likeness (QED) is 0.887. The normalized spacial score (nSPS) is 10.6. The first-order valence-corrected chi connectivity index (χ1v) is 7.36. The van der Waals surface area contributed by atoms with Gasteiger partial charge in [0.15, 0.2) is 0 Å². The van der Waals surface area contributed by atoms with Crippen molar-refractivity contribution in [2.75, 3.05) is 11.9 Å². The highest BCUT2D eigenvalue weighted by Crippen LogP contribution is 2.22. The summed E-state index contributed by atoms with van der Waals surface area (Å²) in [5.41, 5.74) is -0.108. The number of thiophene rings is 1. The maximum atomic E-state index is 11.4. The van der Waals surface area contributed by atoms with Gasteiger partial charge >= 0.3 is 0 Å². The molecule has 0 aliphatic heterocycles. The standard InChI is InChI=1S/C12H14BrN3OS/c1-2-10-15-11(7-12(17)16-10)14-6-5-8-3-4-9(13)18-8/h3-4,7H,2,5-6H2,1H3,(H2,14,15,16,17). The van der Waals surface area contributed by atoms with Gasteiger partial charge in [0.25, 0.3) is 5.56 Å². The van der Waals surface area contributed by atoms with E-state index in [0.29, 0.717) is 11.6 Å². The first kappa shape index (κ1) is 13.3. The van der Waals surface area contributed by atoms with Crippen molar-refractivity contribution >= 4 is 33.1 Å². The van der Waals surface area contributed by atoms with Crippen LogP contribution in [0.25, 0.3) is 0 Å². The third-order valence-corrected chi connectivity index (χ3v) is 4.12. The molecule has 0 aliphatic carbocycles. The van der Waals surface area contributed by atoms with Gasteiger partial charge in [-0.1, -0.05) is 6.92 Å². The summed E-state index contributed by atoms with van der Waals surface area (Å²) < 4.78 is 1.14. The second kappa shape index (κ2) is 6.15. The molecule has 2 N–H and O–H groups in total. The lowest BCUT2D eigenvalue weighted by Gasteiger charge is -2.05. The summed E-state index contributed by atoms with van der Waals surface area (Å²) in [7, 11) is 0. The molecule has 0 atom stereocenters. The second-order valence-electron chi connectivity index (χ2n) is 3.81. The van der Waals surface area contributed by atoms with Gasteiger partial charge in [-0.05, 0) is 34.5 Å². The van der Waals surface area contributed by atoms with Crippen molar-refractivity contribution in [2.45, 2.75) is 19.8 Å². The molecule has 0 amide bonds. The van der Waals surface area contributed by atoms with Crippen LogP contribution in [-0.2, 0) is 12.8 Å². The number of anilines is 1. The Hall–Kier alpha value is -1.14. The van der Waals surface area contributed by atoms with Gasteiger partial charge in [0.2, 0.25) is 0 Å². The van der Waals surface area contributed by atoms with Crippen LogP contribution in [0.2, 0.25) is 0 Å². The van der Waals surface area contributed by atoms with Crippen molar-refractivity contribution in [3.05, 3.63) is 43.0 Å². The predicted octanol–water partition coefficient (Wildman–Crippen LogP) is 2.81. The van der Waals surface area contributed by atoms with Crippen LogP contribution in [0, 0.1) is 0 Å². The first-order valence-electron chi connectivity index (χ1n) is 5.75. The van der Waals surface area contributed by atoms with E-state index in [4.69, 9.17) is 0 Å². The molecule has 0 aliphatic rings. The van der Waals surface area contributed by atoms with Gasteiger partial charge in [-0.3, -0.25) is 4.79 Å². The Labute approximate surface area is 118 Å². The number of H-pyrrole nitrogens is 1. The molecule has 0 spiro atoms. The predicted molar refractivity (Wildman–Crippen MR) is 78.4 cm³/mol. The molecule has 0 saturated heterocycles. The maximum absolute atomic E-state index is 11.4. The molecule has 6 heteroatoms. The van der Waals surface area contributed by atoms with Crippen molar-refractivity contribution in [3.8, 4) is 0 Å². The minimum Gasteiger partial charge on any atom is -0.369 e. The molecule has 18 heavy (non-hydrogen) atoms. The molecule has 2 heterocycles. The van der Waals surface area contributed by atoms with E-state index in [0.717, 1.165) is 23.2 Å². The van der Waals surface area contributed by atoms with Crippen molar-refractivity contribution in [2.24, 2.45) is 0 Å². The third-order valence-electron chi connectivity index (χ3n) is 2.43. The zero-order valence-corrected chi connectivity index (χ0v) is 12.4. The van der Waals surface area contributed by atoms with Crippen LogP contribution < -0.4 is 10.9 Å². The molecule has 0 radical (unpaired) electrons. The number of aromatic amines is 1. The Balaban J connectivity index is 1.94. The molecule has 0 saturated carbocycles. The summed E-state index contributed by atoms with van der Waals surface area (Å²) in [5.74, 6) is 1.36. The molecule has 0 aromatic carbocycles. The molecule has 4 nitrogen and oxygen atoms in total. The van der Waals surface area contributed by atoms with E-state index in [9.17, 15) is 4.79 Å². The molecular formula is C12H14BrN3OS. The van der Waals surface area contributed by atoms with E-state index < -0.39 is 0 Å². The number of nitrogens with one attached hydrogen (secondary N) is 2. The monoisotopic (exact) mass is 327 g/mol. The fourth-order valence-corrected chi connectivity index (χ4v) is 3.05. The molecule has 0 fully saturated rings. The fourth-order valence-electron chi connectivity index (χ4n) is 1.57. The van der Waals surface area contributed by atoms with E-state index >= 15 is 0 Å². The van der Waals surface area contributed by atoms with E-state index in [1.54, 1.807) is 11.3 Å². The summed E-state index contributed by atoms with van der Waals surface area (Å²) in [6.07, 6.45) is 1.65. The molecule has 2 aromatic heterocycles. The average Bonchev–Trinajstić information content (AvgIpc) is 2.74. The van der Waals surface area contributed by atoms with Gasteiger partial charge in [0, 0.05) is 23.9 Å². The number of halogens is 1. The number of hydrogen-bond acceptors (Lipinski definition) is 4. The van der Waals surface area contributed by atoms with Gasteiger partial charge in [-0.2, -0.15) is 0 Å². The molecule has 0 bridgehead atoms. The van der Waals surface area contributed by atoms with Crippen LogP contribution in [-0.4, -0.2) is 16.5 Å². The number of hydrogen-bond donors (Lipinski definition) is 2. The van der Waals surface area contributed by atoms with Gasteiger partial charge < -0.3 is 10.3 Å². The summed E-state index contributed by atoms with van der Waals surface area (Å²) in [4.78, 5) is 19.7. The van der Waals surface area contributed by atoms with E-state index in [1.807, 2.05) is 13.0 Å². The van der Waals surface area contributed by atoms with Crippen LogP contribution >= 0.6 is 27.3 Å². The van der Waals surface area contributed by atoms with Crippen LogP contribution in [0.1, 0.15) is 17.6 Å². The summed E-state index contributed by atoms with van der Waals surface area (Å²) in [6.45, 7) is 2.73. The first-order chi connectivity index (χ1) is 8.67. The fraction of sp³-hybridized carbons (Fsp3) is 0.333. The highest BCUT2D eigenvalue weighted by molar-refractivity contribution is 9.11. The molecular weight excluding hydrogens is 314 g/mol. The maximum Gasteiger partial charge on any atom is 0.252 e. The zero-order valence-electron chi connectivity index (χ0n) is 10.00. The Bertz CT molecular complexity index is 579. The van der Waals surface area contributed by atoms with E-state index in [-0.39, 0.29) is 5.56 Å². The third kappa shape index (κ3) is 3.68. The van der Waals surface area contributed by atoms with Gasteiger partial charge in [-0.15, -0.1) is 11.3 Å². The van der Waals surface area contributed by atoms with Crippen LogP contribution in [0.15, 0.2) is 26.8 Å². The lowest BCUT2D eigenvalue weighted by atomic mass is 10.3. The Morgan fingerprint density at radius 2 is 2.33 bits per heavy atom. The van der Waals surface area contributed by atoms with E-state index in [1.165, 1.54) is 10.9 Å². The van der Waals surface area contributed by atoms with Crippen molar-refractivity contribution in [1.29, 1.82) is 0 Å².